The van der Waals surface area contributed by atoms with Crippen molar-refractivity contribution >= 4 is 28.8 Å². The van der Waals surface area contributed by atoms with Gasteiger partial charge in [-0.3, -0.25) is 19.7 Å². The van der Waals surface area contributed by atoms with E-state index in [1.165, 1.54) is 24.3 Å². The molecular formula is C19H15N3O5. The van der Waals surface area contributed by atoms with Crippen molar-refractivity contribution in [3.05, 3.63) is 80.9 Å². The van der Waals surface area contributed by atoms with Crippen LogP contribution in [0.25, 0.3) is 5.76 Å². The molecule has 0 saturated carbocycles. The predicted octanol–water partition coefficient (Wildman–Crippen LogP) is 3.26. The maximum absolute atomic E-state index is 12.5. The zero-order chi connectivity index (χ0) is 19.6. The highest BCUT2D eigenvalue weighted by atomic mass is 16.6. The molecule has 0 saturated heterocycles. The molecule has 0 aromatic heterocycles. The van der Waals surface area contributed by atoms with Gasteiger partial charge in [0.1, 0.15) is 5.76 Å². The molecule has 3 rings (SSSR count). The van der Waals surface area contributed by atoms with E-state index in [9.17, 15) is 24.8 Å². The number of aliphatic hydroxyl groups excluding tert-OH is 1. The summed E-state index contributed by atoms with van der Waals surface area (Å²) in [4.78, 5) is 34.8. The zero-order valence-electron chi connectivity index (χ0n) is 14.3. The molecule has 0 aliphatic heterocycles. The third-order valence-corrected chi connectivity index (χ3v) is 4.15. The molecule has 2 aromatic carbocycles. The minimum Gasteiger partial charge on any atom is -0.506 e. The first-order valence-electron chi connectivity index (χ1n) is 8.13. The number of nitro groups is 1. The number of fused-ring (bicyclic) bond motifs is 1. The van der Waals surface area contributed by atoms with Crippen LogP contribution in [0.1, 0.15) is 39.6 Å². The fourth-order valence-electron chi connectivity index (χ4n) is 2.76. The Morgan fingerprint density at radius 2 is 1.78 bits per heavy atom. The van der Waals surface area contributed by atoms with Crippen molar-refractivity contribution in [2.45, 2.75) is 13.3 Å². The van der Waals surface area contributed by atoms with Gasteiger partial charge in [0.2, 0.25) is 0 Å². The number of rotatable bonds is 5. The van der Waals surface area contributed by atoms with Gasteiger partial charge in [0.25, 0.3) is 11.6 Å². The Bertz CT molecular complexity index is 1010. The van der Waals surface area contributed by atoms with Crippen LogP contribution in [0, 0.1) is 10.1 Å². The average Bonchev–Trinajstić information content (AvgIpc) is 2.94. The van der Waals surface area contributed by atoms with Crippen LogP contribution < -0.4 is 5.43 Å². The molecule has 2 N–H and O–H groups in total. The largest absolute Gasteiger partial charge is 0.506 e. The fourth-order valence-corrected chi connectivity index (χ4v) is 2.76. The van der Waals surface area contributed by atoms with Gasteiger partial charge in [0.05, 0.1) is 16.2 Å². The normalized spacial score (nSPS) is 13.5. The summed E-state index contributed by atoms with van der Waals surface area (Å²) in [5.41, 5.74) is 3.48. The maximum atomic E-state index is 12.5. The Morgan fingerprint density at radius 3 is 2.33 bits per heavy atom. The first-order chi connectivity index (χ1) is 12.9. The van der Waals surface area contributed by atoms with Gasteiger partial charge in [-0.15, -0.1) is 0 Å². The van der Waals surface area contributed by atoms with E-state index in [2.05, 4.69) is 10.5 Å². The van der Waals surface area contributed by atoms with Crippen molar-refractivity contribution < 1.29 is 19.6 Å². The lowest BCUT2D eigenvalue weighted by molar-refractivity contribution is -0.384. The second-order valence-electron chi connectivity index (χ2n) is 5.76. The van der Waals surface area contributed by atoms with E-state index in [1.54, 1.807) is 31.2 Å². The number of carbonyl (C=O) groups excluding carboxylic acids is 2. The molecule has 0 heterocycles. The molecule has 0 bridgehead atoms. The molecule has 1 aliphatic carbocycles. The van der Waals surface area contributed by atoms with Crippen LogP contribution in [0.15, 0.2) is 59.2 Å². The molecule has 1 amide bonds. The number of aliphatic hydroxyl groups is 1. The Labute approximate surface area is 154 Å². The Kier molecular flexibility index (Phi) is 4.80. The quantitative estimate of drug-likeness (QED) is 0.478. The number of amides is 1. The van der Waals surface area contributed by atoms with Crippen LogP contribution >= 0.6 is 0 Å². The summed E-state index contributed by atoms with van der Waals surface area (Å²) in [6.07, 6.45) is 0.305. The second kappa shape index (κ2) is 7.20. The first-order valence-corrected chi connectivity index (χ1v) is 8.13. The van der Waals surface area contributed by atoms with Crippen molar-refractivity contribution in [1.82, 2.24) is 5.43 Å². The van der Waals surface area contributed by atoms with Crippen molar-refractivity contribution in [2.75, 3.05) is 0 Å². The van der Waals surface area contributed by atoms with E-state index >= 15 is 0 Å². The van der Waals surface area contributed by atoms with Crippen LogP contribution in [-0.2, 0) is 0 Å². The summed E-state index contributed by atoms with van der Waals surface area (Å²) in [5.74, 6) is -1.10. The molecule has 0 radical (unpaired) electrons. The first kappa shape index (κ1) is 18.0. The van der Waals surface area contributed by atoms with Gasteiger partial charge >= 0.3 is 0 Å². The number of nitro benzene ring substituents is 1. The number of benzene rings is 2. The number of hydrogen-bond donors (Lipinski definition) is 2. The van der Waals surface area contributed by atoms with E-state index in [0.717, 1.165) is 0 Å². The van der Waals surface area contributed by atoms with Gasteiger partial charge in [-0.05, 0) is 18.6 Å². The van der Waals surface area contributed by atoms with Gasteiger partial charge in [-0.25, -0.2) is 5.43 Å². The number of nitrogens with zero attached hydrogens (tertiary/aromatic N) is 2. The maximum Gasteiger partial charge on any atom is 0.271 e. The SMILES string of the molecule is CC/C(=N\NC(=O)c1ccc([N+](=O)[O-])cc1)C1=C(O)c2ccccc2C1=O. The topological polar surface area (TPSA) is 122 Å². The minimum atomic E-state index is -0.584. The predicted molar refractivity (Wildman–Crippen MR) is 98.6 cm³/mol. The standard InChI is InChI=1S/C19H15N3O5/c1-2-15(16-17(23)13-5-3-4-6-14(13)18(16)24)20-21-19(25)11-7-9-12(10-8-11)22(26)27/h3-10,23H,2H2,1H3,(H,21,25)/b20-15+. The molecule has 8 heteroatoms. The average molecular weight is 365 g/mol. The number of carbonyl (C=O) groups is 2. The molecule has 0 fully saturated rings. The summed E-state index contributed by atoms with van der Waals surface area (Å²) < 4.78 is 0. The number of allylic oxidation sites excluding steroid dienone is 1. The summed E-state index contributed by atoms with van der Waals surface area (Å²) in [6, 6.07) is 11.7. The Hall–Kier alpha value is -3.81. The molecular weight excluding hydrogens is 350 g/mol. The highest BCUT2D eigenvalue weighted by Crippen LogP contribution is 2.32. The number of hydrazone groups is 1. The summed E-state index contributed by atoms with van der Waals surface area (Å²) >= 11 is 0. The Balaban J connectivity index is 1.83. The van der Waals surface area contributed by atoms with Gasteiger partial charge in [0.15, 0.2) is 5.78 Å². The van der Waals surface area contributed by atoms with Crippen LogP contribution in [0.3, 0.4) is 0 Å². The zero-order valence-corrected chi connectivity index (χ0v) is 14.3. The molecule has 2 aromatic rings. The molecule has 1 aliphatic rings. The lowest BCUT2D eigenvalue weighted by Gasteiger charge is -2.06. The second-order valence-corrected chi connectivity index (χ2v) is 5.76. The number of hydrogen-bond acceptors (Lipinski definition) is 6. The molecule has 27 heavy (non-hydrogen) atoms. The van der Waals surface area contributed by atoms with E-state index in [4.69, 9.17) is 0 Å². The van der Waals surface area contributed by atoms with E-state index in [0.29, 0.717) is 17.5 Å². The fraction of sp³-hybridized carbons (Fsp3) is 0.105. The monoisotopic (exact) mass is 365 g/mol. The highest BCUT2D eigenvalue weighted by molar-refractivity contribution is 6.35. The lowest BCUT2D eigenvalue weighted by atomic mass is 10.0. The number of Topliss-reactive ketones (excluding diaryl/α,β-unsaturated/α-hetero) is 1. The number of non-ortho nitro benzene ring substituents is 1. The van der Waals surface area contributed by atoms with E-state index in [1.807, 2.05) is 0 Å². The van der Waals surface area contributed by atoms with Crippen molar-refractivity contribution in [2.24, 2.45) is 5.10 Å². The van der Waals surface area contributed by atoms with Gasteiger partial charge in [-0.1, -0.05) is 31.2 Å². The molecule has 8 nitrogen and oxygen atoms in total. The van der Waals surface area contributed by atoms with Gasteiger partial charge in [-0.2, -0.15) is 5.10 Å². The highest BCUT2D eigenvalue weighted by Gasteiger charge is 2.32. The van der Waals surface area contributed by atoms with Crippen molar-refractivity contribution in [1.29, 1.82) is 0 Å². The Morgan fingerprint density at radius 1 is 1.15 bits per heavy atom. The van der Waals surface area contributed by atoms with Gasteiger partial charge in [0, 0.05) is 28.8 Å². The van der Waals surface area contributed by atoms with Gasteiger partial charge < -0.3 is 5.11 Å². The summed E-state index contributed by atoms with van der Waals surface area (Å²) in [6.45, 7) is 1.74. The van der Waals surface area contributed by atoms with Crippen molar-refractivity contribution in [3.63, 3.8) is 0 Å². The van der Waals surface area contributed by atoms with Crippen LogP contribution in [0.2, 0.25) is 0 Å². The van der Waals surface area contributed by atoms with Crippen molar-refractivity contribution in [3.8, 4) is 0 Å². The minimum absolute atomic E-state index is 0.0581. The number of nitrogens with one attached hydrogen (secondary N) is 1. The van der Waals surface area contributed by atoms with Crippen LogP contribution in [0.5, 0.6) is 0 Å². The molecule has 136 valence electrons. The lowest BCUT2D eigenvalue weighted by Crippen LogP contribution is -2.21. The number of ketones is 1. The molecule has 0 atom stereocenters. The molecule has 0 spiro atoms. The summed E-state index contributed by atoms with van der Waals surface area (Å²) in [7, 11) is 0. The van der Waals surface area contributed by atoms with Crippen LogP contribution in [0.4, 0.5) is 5.69 Å². The third kappa shape index (κ3) is 3.32. The van der Waals surface area contributed by atoms with E-state index in [-0.39, 0.29) is 34.1 Å². The van der Waals surface area contributed by atoms with E-state index < -0.39 is 10.8 Å². The smallest absolute Gasteiger partial charge is 0.271 e. The van der Waals surface area contributed by atoms with Crippen LogP contribution in [-0.4, -0.2) is 27.4 Å². The molecule has 0 unspecified atom stereocenters. The third-order valence-electron chi connectivity index (χ3n) is 4.15. The summed E-state index contributed by atoms with van der Waals surface area (Å²) in [5, 5.41) is 25.0.